The van der Waals surface area contributed by atoms with Crippen LogP contribution in [-0.2, 0) is 21.8 Å². The lowest BCUT2D eigenvalue weighted by Crippen LogP contribution is -2.62. The van der Waals surface area contributed by atoms with E-state index >= 15 is 0 Å². The van der Waals surface area contributed by atoms with Gasteiger partial charge < -0.3 is 0 Å². The highest BCUT2D eigenvalue weighted by molar-refractivity contribution is 5.45. The summed E-state index contributed by atoms with van der Waals surface area (Å²) in [6.45, 7) is 7.54. The molecule has 0 amide bonds. The van der Waals surface area contributed by atoms with Crippen molar-refractivity contribution in [3.8, 4) is 0 Å². The average molecular weight is 413 g/mol. The van der Waals surface area contributed by atoms with Crippen molar-refractivity contribution in [1.82, 2.24) is 4.48 Å². The minimum absolute atomic E-state index is 0.475. The van der Waals surface area contributed by atoms with Gasteiger partial charge in [0.05, 0.1) is 32.9 Å². The maximum atomic E-state index is 6.53. The number of aryl methyl sites for hydroxylation is 1. The highest BCUT2D eigenvalue weighted by Crippen LogP contribution is 2.41. The van der Waals surface area contributed by atoms with Crippen LogP contribution in [0.3, 0.4) is 0 Å². The quantitative estimate of drug-likeness (QED) is 0.188. The van der Waals surface area contributed by atoms with Gasteiger partial charge in [0.15, 0.2) is 0 Å². The Morgan fingerprint density at radius 1 is 0.700 bits per heavy atom. The zero-order chi connectivity index (χ0) is 21.9. The zero-order valence-electron chi connectivity index (χ0n) is 19.8. The van der Waals surface area contributed by atoms with Crippen molar-refractivity contribution in [2.24, 2.45) is 0 Å². The van der Waals surface area contributed by atoms with Crippen LogP contribution < -0.4 is 4.48 Å². The van der Waals surface area contributed by atoms with E-state index in [1.807, 2.05) is 0 Å². The number of hydrogen-bond donors (Lipinski definition) is 0. The summed E-state index contributed by atoms with van der Waals surface area (Å²) in [6.07, 6.45) is 8.84. The molecular formula is C27H42NO2+. The van der Waals surface area contributed by atoms with Gasteiger partial charge in [0.1, 0.15) is 5.69 Å². The van der Waals surface area contributed by atoms with Crippen LogP contribution >= 0.6 is 0 Å². The van der Waals surface area contributed by atoms with E-state index < -0.39 is 5.91 Å². The van der Waals surface area contributed by atoms with Gasteiger partial charge in [-0.1, -0.05) is 75.4 Å². The van der Waals surface area contributed by atoms with E-state index in [0.29, 0.717) is 17.7 Å². The van der Waals surface area contributed by atoms with Crippen LogP contribution in [0.15, 0.2) is 54.6 Å². The van der Waals surface area contributed by atoms with E-state index in [1.165, 1.54) is 44.1 Å². The zero-order valence-corrected chi connectivity index (χ0v) is 19.8. The van der Waals surface area contributed by atoms with E-state index in [4.69, 9.17) is 9.47 Å². The Kier molecular flexibility index (Phi) is 10.0. The second-order valence-electron chi connectivity index (χ2n) is 8.41. The Morgan fingerprint density at radius 2 is 1.27 bits per heavy atom. The maximum Gasteiger partial charge on any atom is 0.352 e. The molecule has 0 spiro atoms. The van der Waals surface area contributed by atoms with Gasteiger partial charge in [-0.05, 0) is 50.5 Å². The third-order valence-corrected chi connectivity index (χ3v) is 5.97. The normalized spacial score (nSPS) is 12.3. The summed E-state index contributed by atoms with van der Waals surface area (Å²) in [5, 5.41) is 0. The van der Waals surface area contributed by atoms with Gasteiger partial charge in [0.25, 0.3) is 0 Å². The Labute approximate surface area is 184 Å². The predicted octanol–water partition coefficient (Wildman–Crippen LogP) is 7.04. The molecule has 0 unspecified atom stereocenters. The van der Waals surface area contributed by atoms with Gasteiger partial charge in [0.2, 0.25) is 0 Å². The Hall–Kier alpha value is -1.68. The minimum atomic E-state index is -0.885. The molecule has 0 aromatic heterocycles. The molecule has 0 saturated carbocycles. The Balaban J connectivity index is 2.40. The van der Waals surface area contributed by atoms with Crippen molar-refractivity contribution < 1.29 is 9.47 Å². The molecule has 166 valence electrons. The van der Waals surface area contributed by atoms with Gasteiger partial charge in [-0.25, -0.2) is 4.48 Å². The van der Waals surface area contributed by atoms with Crippen molar-refractivity contribution in [2.75, 3.05) is 27.3 Å². The van der Waals surface area contributed by atoms with E-state index in [-0.39, 0.29) is 0 Å². The summed E-state index contributed by atoms with van der Waals surface area (Å²) in [5.41, 5.74) is 3.64. The second-order valence-corrected chi connectivity index (χ2v) is 8.41. The first-order valence-corrected chi connectivity index (χ1v) is 11.8. The smallest absolute Gasteiger partial charge is 0.299 e. The molecular weight excluding hydrogens is 370 g/mol. The monoisotopic (exact) mass is 412 g/mol. The number of unbranched alkanes of at least 4 members (excludes halogenated alkanes) is 5. The Morgan fingerprint density at radius 3 is 1.90 bits per heavy atom. The molecule has 0 aliphatic heterocycles. The molecule has 0 aliphatic rings. The third kappa shape index (κ3) is 5.72. The van der Waals surface area contributed by atoms with E-state index in [1.54, 1.807) is 0 Å². The number of rotatable bonds is 14. The lowest BCUT2D eigenvalue weighted by molar-refractivity contribution is -0.310. The molecule has 0 N–H and O–H groups in total. The van der Waals surface area contributed by atoms with Crippen LogP contribution in [0, 0.1) is 0 Å². The summed E-state index contributed by atoms with van der Waals surface area (Å²) in [4.78, 5) is 0. The first-order chi connectivity index (χ1) is 14.5. The third-order valence-electron chi connectivity index (χ3n) is 5.97. The van der Waals surface area contributed by atoms with Gasteiger partial charge in [-0.2, -0.15) is 0 Å². The predicted molar refractivity (Wildman–Crippen MR) is 129 cm³/mol. The minimum Gasteiger partial charge on any atom is -0.299 e. The van der Waals surface area contributed by atoms with Gasteiger partial charge >= 0.3 is 5.91 Å². The summed E-state index contributed by atoms with van der Waals surface area (Å²) in [5.74, 6) is -0.885. The molecule has 2 rings (SSSR count). The van der Waals surface area contributed by atoms with Crippen molar-refractivity contribution >= 4 is 5.69 Å². The summed E-state index contributed by atoms with van der Waals surface area (Å²) in [6, 6.07) is 19.2. The van der Waals surface area contributed by atoms with E-state index in [2.05, 4.69) is 89.5 Å². The van der Waals surface area contributed by atoms with Crippen molar-refractivity contribution in [3.63, 3.8) is 0 Å². The summed E-state index contributed by atoms with van der Waals surface area (Å²) < 4.78 is 13.5. The molecule has 0 heterocycles. The van der Waals surface area contributed by atoms with E-state index in [0.717, 1.165) is 17.7 Å². The fourth-order valence-electron chi connectivity index (χ4n) is 4.33. The molecule has 0 fully saturated rings. The SMILES string of the molecule is CCCCCCCCc1ccccc1C(OCC)(OCC)[N+](C)(C)c1ccccc1. The standard InChI is InChI=1S/C27H42NO2/c1-6-9-10-11-12-14-19-24-20-17-18-23-26(24)27(29-7-2,30-8-3)28(4,5)25-21-15-13-16-22-25/h13,15-18,20-23H,6-12,14,19H2,1-5H3/q+1. The van der Waals surface area contributed by atoms with Crippen LogP contribution in [0.1, 0.15) is 70.4 Å². The largest absolute Gasteiger partial charge is 0.352 e. The number of benzene rings is 2. The fourth-order valence-corrected chi connectivity index (χ4v) is 4.33. The highest BCUT2D eigenvalue weighted by atomic mass is 16.7. The topological polar surface area (TPSA) is 18.5 Å². The number of quaternary nitrogens is 1. The molecule has 3 heteroatoms. The van der Waals surface area contributed by atoms with Crippen LogP contribution in [0.4, 0.5) is 5.69 Å². The van der Waals surface area contributed by atoms with Crippen LogP contribution in [0.2, 0.25) is 0 Å². The lowest BCUT2D eigenvalue weighted by Gasteiger charge is -2.46. The molecule has 0 atom stereocenters. The second kappa shape index (κ2) is 12.2. The summed E-state index contributed by atoms with van der Waals surface area (Å²) in [7, 11) is 4.37. The van der Waals surface area contributed by atoms with Crippen LogP contribution in [0.25, 0.3) is 0 Å². The first-order valence-electron chi connectivity index (χ1n) is 11.8. The van der Waals surface area contributed by atoms with Gasteiger partial charge in [-0.3, -0.25) is 9.47 Å². The number of ether oxygens (including phenoxy) is 2. The molecule has 2 aromatic carbocycles. The number of nitrogens with zero attached hydrogens (tertiary/aromatic N) is 1. The molecule has 0 bridgehead atoms. The first kappa shape index (κ1) is 24.6. The van der Waals surface area contributed by atoms with Crippen molar-refractivity contribution in [1.29, 1.82) is 0 Å². The molecule has 2 aromatic rings. The van der Waals surface area contributed by atoms with Gasteiger partial charge in [-0.15, -0.1) is 0 Å². The van der Waals surface area contributed by atoms with E-state index in [9.17, 15) is 0 Å². The molecule has 30 heavy (non-hydrogen) atoms. The van der Waals surface area contributed by atoms with Crippen molar-refractivity contribution in [3.05, 3.63) is 65.7 Å². The molecule has 0 saturated heterocycles. The molecule has 3 nitrogen and oxygen atoms in total. The molecule has 0 radical (unpaired) electrons. The number of para-hydroxylation sites is 1. The van der Waals surface area contributed by atoms with Crippen molar-refractivity contribution in [2.45, 2.75) is 71.6 Å². The fraction of sp³-hybridized carbons (Fsp3) is 0.556. The van der Waals surface area contributed by atoms with Gasteiger partial charge in [0, 0.05) is 0 Å². The molecule has 0 aliphatic carbocycles. The van der Waals surface area contributed by atoms with Crippen LogP contribution in [0.5, 0.6) is 0 Å². The lowest BCUT2D eigenvalue weighted by atomic mass is 9.96. The maximum absolute atomic E-state index is 6.53. The highest BCUT2D eigenvalue weighted by Gasteiger charge is 2.52. The Bertz CT molecular complexity index is 721. The number of hydrogen-bond acceptors (Lipinski definition) is 2. The average Bonchev–Trinajstić information content (AvgIpc) is 2.76. The summed E-state index contributed by atoms with van der Waals surface area (Å²) >= 11 is 0. The van der Waals surface area contributed by atoms with Crippen LogP contribution in [-0.4, -0.2) is 27.3 Å².